The number of hydrogen-bond acceptors (Lipinski definition) is 7. The van der Waals surface area contributed by atoms with Gasteiger partial charge in [-0.15, -0.1) is 0 Å². The summed E-state index contributed by atoms with van der Waals surface area (Å²) in [5, 5.41) is 14.1. The highest BCUT2D eigenvalue weighted by Crippen LogP contribution is 2.26. The normalized spacial score (nSPS) is 11.2. The molecular weight excluding hydrogens is 334 g/mol. The molecule has 0 radical (unpaired) electrons. The number of hydrogen-bond donors (Lipinski definition) is 1. The molecule has 26 heavy (non-hydrogen) atoms. The van der Waals surface area contributed by atoms with E-state index in [0.717, 1.165) is 11.1 Å². The van der Waals surface area contributed by atoms with Crippen molar-refractivity contribution in [3.8, 4) is 22.8 Å². The van der Waals surface area contributed by atoms with Crippen LogP contribution in [0.1, 0.15) is 16.8 Å². The molecule has 3 aromatic heterocycles. The van der Waals surface area contributed by atoms with Gasteiger partial charge in [-0.25, -0.2) is 4.79 Å². The Morgan fingerprint density at radius 2 is 1.92 bits per heavy atom. The second-order valence-electron chi connectivity index (χ2n) is 6.01. The number of rotatable bonds is 3. The molecule has 0 bridgehead atoms. The van der Waals surface area contributed by atoms with Gasteiger partial charge in [-0.1, -0.05) is 35.0 Å². The van der Waals surface area contributed by atoms with E-state index in [1.165, 1.54) is 0 Å². The van der Waals surface area contributed by atoms with Crippen LogP contribution in [0.25, 0.3) is 33.8 Å². The second kappa shape index (κ2) is 6.20. The van der Waals surface area contributed by atoms with Gasteiger partial charge in [-0.05, 0) is 19.9 Å². The molecule has 0 saturated heterocycles. The maximum absolute atomic E-state index is 12.4. The van der Waals surface area contributed by atoms with Crippen LogP contribution in [0.3, 0.4) is 0 Å². The van der Waals surface area contributed by atoms with Gasteiger partial charge < -0.3 is 14.0 Å². The van der Waals surface area contributed by atoms with Crippen LogP contribution in [-0.4, -0.2) is 20.2 Å². The first-order chi connectivity index (χ1) is 12.6. The Hall–Kier alpha value is -3.32. The third-order valence-electron chi connectivity index (χ3n) is 4.17. The first kappa shape index (κ1) is 16.2. The first-order valence-corrected chi connectivity index (χ1v) is 8.01. The number of pyridine rings is 1. The SMILES string of the molecule is Cc1ccc(-c2noc(-c3cc4c(CO)cnc(C)c4oc3=O)n2)cc1. The number of benzene rings is 1. The zero-order valence-corrected chi connectivity index (χ0v) is 14.2. The number of nitrogens with zero attached hydrogens (tertiary/aromatic N) is 3. The fraction of sp³-hybridized carbons (Fsp3) is 0.158. The molecule has 4 rings (SSSR count). The molecule has 0 aliphatic carbocycles. The lowest BCUT2D eigenvalue weighted by molar-refractivity contribution is 0.282. The summed E-state index contributed by atoms with van der Waals surface area (Å²) in [5.41, 5.74) is 2.89. The first-order valence-electron chi connectivity index (χ1n) is 8.01. The van der Waals surface area contributed by atoms with Crippen LogP contribution < -0.4 is 5.63 Å². The zero-order chi connectivity index (χ0) is 18.3. The summed E-state index contributed by atoms with van der Waals surface area (Å²) in [5.74, 6) is 0.447. The molecule has 0 unspecified atom stereocenters. The maximum Gasteiger partial charge on any atom is 0.349 e. The van der Waals surface area contributed by atoms with Gasteiger partial charge in [-0.2, -0.15) is 4.98 Å². The Balaban J connectivity index is 1.86. The summed E-state index contributed by atoms with van der Waals surface area (Å²) in [6, 6.07) is 9.24. The molecule has 130 valence electrons. The Labute approximate surface area is 147 Å². The molecule has 0 fully saturated rings. The zero-order valence-electron chi connectivity index (χ0n) is 14.2. The minimum absolute atomic E-state index is 0.0644. The smallest absolute Gasteiger partial charge is 0.349 e. The Morgan fingerprint density at radius 1 is 1.15 bits per heavy atom. The van der Waals surface area contributed by atoms with Crippen LogP contribution >= 0.6 is 0 Å². The van der Waals surface area contributed by atoms with E-state index in [1.807, 2.05) is 31.2 Å². The van der Waals surface area contributed by atoms with Crippen molar-refractivity contribution >= 4 is 11.0 Å². The van der Waals surface area contributed by atoms with E-state index in [1.54, 1.807) is 19.2 Å². The van der Waals surface area contributed by atoms with E-state index in [9.17, 15) is 9.90 Å². The van der Waals surface area contributed by atoms with Gasteiger partial charge in [0.15, 0.2) is 5.58 Å². The van der Waals surface area contributed by atoms with Crippen LogP contribution in [0, 0.1) is 13.8 Å². The van der Waals surface area contributed by atoms with Crippen LogP contribution in [0.15, 0.2) is 50.3 Å². The molecule has 1 N–H and O–H groups in total. The van der Waals surface area contributed by atoms with Gasteiger partial charge in [0.2, 0.25) is 5.82 Å². The van der Waals surface area contributed by atoms with Gasteiger partial charge in [-0.3, -0.25) is 4.98 Å². The summed E-state index contributed by atoms with van der Waals surface area (Å²) in [6.07, 6.45) is 1.55. The van der Waals surface area contributed by atoms with Gasteiger partial charge in [0, 0.05) is 22.7 Å². The number of aliphatic hydroxyl groups excluding tert-OH is 1. The van der Waals surface area contributed by atoms with E-state index < -0.39 is 5.63 Å². The molecule has 4 aromatic rings. The lowest BCUT2D eigenvalue weighted by Crippen LogP contribution is -2.05. The predicted molar refractivity (Wildman–Crippen MR) is 94.4 cm³/mol. The fourth-order valence-electron chi connectivity index (χ4n) is 2.71. The minimum Gasteiger partial charge on any atom is -0.420 e. The third kappa shape index (κ3) is 2.68. The van der Waals surface area contributed by atoms with E-state index >= 15 is 0 Å². The maximum atomic E-state index is 12.4. The van der Waals surface area contributed by atoms with Gasteiger partial charge in [0.25, 0.3) is 5.89 Å². The summed E-state index contributed by atoms with van der Waals surface area (Å²) in [6.45, 7) is 3.49. The summed E-state index contributed by atoms with van der Waals surface area (Å²) < 4.78 is 10.7. The average Bonchev–Trinajstić information content (AvgIpc) is 3.12. The Bertz CT molecular complexity index is 1160. The summed E-state index contributed by atoms with van der Waals surface area (Å²) in [7, 11) is 0. The molecule has 0 aliphatic rings. The van der Waals surface area contributed by atoms with Gasteiger partial charge >= 0.3 is 5.63 Å². The molecular formula is C19H15N3O4. The topological polar surface area (TPSA) is 102 Å². The van der Waals surface area contributed by atoms with Crippen molar-refractivity contribution in [1.82, 2.24) is 15.1 Å². The van der Waals surface area contributed by atoms with Crippen molar-refractivity contribution in [2.75, 3.05) is 0 Å². The largest absolute Gasteiger partial charge is 0.420 e. The van der Waals surface area contributed by atoms with Gasteiger partial charge in [0.1, 0.15) is 5.56 Å². The summed E-state index contributed by atoms with van der Waals surface area (Å²) >= 11 is 0. The fourth-order valence-corrected chi connectivity index (χ4v) is 2.71. The van der Waals surface area contributed by atoms with Crippen LogP contribution in [-0.2, 0) is 6.61 Å². The molecule has 0 saturated carbocycles. The quantitative estimate of drug-likeness (QED) is 0.606. The van der Waals surface area contributed by atoms with E-state index in [0.29, 0.717) is 28.1 Å². The van der Waals surface area contributed by atoms with Crippen molar-refractivity contribution in [3.05, 3.63) is 63.8 Å². The van der Waals surface area contributed by atoms with Crippen molar-refractivity contribution in [2.24, 2.45) is 0 Å². The number of fused-ring (bicyclic) bond motifs is 1. The molecule has 0 amide bonds. The molecule has 0 atom stereocenters. The van der Waals surface area contributed by atoms with Crippen molar-refractivity contribution in [3.63, 3.8) is 0 Å². The van der Waals surface area contributed by atoms with E-state index in [2.05, 4.69) is 15.1 Å². The molecule has 1 aromatic carbocycles. The molecule has 3 heterocycles. The van der Waals surface area contributed by atoms with Crippen molar-refractivity contribution in [2.45, 2.75) is 20.5 Å². The highest BCUT2D eigenvalue weighted by molar-refractivity contribution is 5.84. The highest BCUT2D eigenvalue weighted by atomic mass is 16.5. The summed E-state index contributed by atoms with van der Waals surface area (Å²) in [4.78, 5) is 20.8. The predicted octanol–water partition coefficient (Wildman–Crippen LogP) is 3.01. The molecule has 7 nitrogen and oxygen atoms in total. The second-order valence-corrected chi connectivity index (χ2v) is 6.01. The Kier molecular flexibility index (Phi) is 3.85. The van der Waals surface area contributed by atoms with Crippen LogP contribution in [0.4, 0.5) is 0 Å². The molecule has 7 heteroatoms. The number of aryl methyl sites for hydroxylation is 2. The van der Waals surface area contributed by atoms with Gasteiger partial charge in [0.05, 0.1) is 12.3 Å². The Morgan fingerprint density at radius 3 is 2.65 bits per heavy atom. The van der Waals surface area contributed by atoms with E-state index in [4.69, 9.17) is 8.94 Å². The minimum atomic E-state index is -0.600. The van der Waals surface area contributed by atoms with Crippen molar-refractivity contribution < 1.29 is 14.0 Å². The average molecular weight is 349 g/mol. The van der Waals surface area contributed by atoms with E-state index in [-0.39, 0.29) is 18.1 Å². The van der Waals surface area contributed by atoms with Crippen molar-refractivity contribution in [1.29, 1.82) is 0 Å². The lowest BCUT2D eigenvalue weighted by atomic mass is 10.1. The lowest BCUT2D eigenvalue weighted by Gasteiger charge is -2.05. The molecule has 0 aliphatic heterocycles. The number of aromatic nitrogens is 3. The van der Waals surface area contributed by atoms with Crippen LogP contribution in [0.2, 0.25) is 0 Å². The monoisotopic (exact) mass is 349 g/mol. The standard InChI is InChI=1S/C19H15N3O4/c1-10-3-5-12(6-4-10)17-21-18(26-22-17)15-7-14-13(9-23)8-20-11(2)16(14)25-19(15)24/h3-8,23H,9H2,1-2H3. The molecule has 0 spiro atoms. The highest BCUT2D eigenvalue weighted by Gasteiger charge is 2.18. The number of aliphatic hydroxyl groups is 1. The third-order valence-corrected chi connectivity index (χ3v) is 4.17. The van der Waals surface area contributed by atoms with Crippen LogP contribution in [0.5, 0.6) is 0 Å².